The molecule has 0 aliphatic carbocycles. The van der Waals surface area contributed by atoms with Crippen molar-refractivity contribution in [3.05, 3.63) is 54.4 Å². The monoisotopic (exact) mass is 254 g/mol. The highest BCUT2D eigenvalue weighted by atomic mass is 16.5. The minimum absolute atomic E-state index is 0.0754. The highest BCUT2D eigenvalue weighted by Gasteiger charge is 2.49. The van der Waals surface area contributed by atoms with Crippen LogP contribution in [0.25, 0.3) is 0 Å². The third kappa shape index (κ3) is 1.61. The minimum atomic E-state index is -0.0754. The maximum atomic E-state index is 6.41. The van der Waals surface area contributed by atoms with E-state index in [0.717, 1.165) is 31.7 Å². The lowest BCUT2D eigenvalue weighted by molar-refractivity contribution is 0.0270. The number of aromatic nitrogens is 1. The zero-order chi connectivity index (χ0) is 12.7. The number of ether oxygens (including phenoxy) is 1. The van der Waals surface area contributed by atoms with Crippen LogP contribution in [0.3, 0.4) is 0 Å². The Morgan fingerprint density at radius 3 is 2.58 bits per heavy atom. The fraction of sp³-hybridized carbons (Fsp3) is 0.375. The lowest BCUT2D eigenvalue weighted by Gasteiger charge is -2.38. The summed E-state index contributed by atoms with van der Waals surface area (Å²) in [6.07, 6.45) is 6.43. The normalized spacial score (nSPS) is 24.1. The quantitative estimate of drug-likeness (QED) is 0.846. The third-order valence-electron chi connectivity index (χ3n) is 4.40. The first-order valence-electron chi connectivity index (χ1n) is 7.00. The molecule has 98 valence electrons. The summed E-state index contributed by atoms with van der Waals surface area (Å²) >= 11 is 0. The number of nitrogens with one attached hydrogen (secondary N) is 1. The first-order valence-corrected chi connectivity index (χ1v) is 7.00. The lowest BCUT2D eigenvalue weighted by Crippen LogP contribution is -2.49. The van der Waals surface area contributed by atoms with E-state index in [9.17, 15) is 0 Å². The van der Waals surface area contributed by atoms with Gasteiger partial charge in [-0.15, -0.1) is 0 Å². The number of para-hydroxylation sites is 1. The second kappa shape index (κ2) is 4.14. The summed E-state index contributed by atoms with van der Waals surface area (Å²) in [5.74, 6) is 1.06. The van der Waals surface area contributed by atoms with Crippen LogP contribution in [0.4, 0.5) is 0 Å². The molecule has 2 aliphatic rings. The fourth-order valence-electron chi connectivity index (χ4n) is 3.54. The molecule has 1 fully saturated rings. The van der Waals surface area contributed by atoms with Gasteiger partial charge in [0.2, 0.25) is 0 Å². The zero-order valence-electron chi connectivity index (χ0n) is 10.9. The van der Waals surface area contributed by atoms with Gasteiger partial charge in [-0.05, 0) is 31.3 Å². The number of piperidine rings is 1. The molecule has 2 aliphatic heterocycles. The molecule has 3 heteroatoms. The van der Waals surface area contributed by atoms with E-state index in [1.54, 1.807) is 0 Å². The molecule has 0 amide bonds. The van der Waals surface area contributed by atoms with Crippen LogP contribution in [-0.4, -0.2) is 23.3 Å². The molecule has 4 rings (SSSR count). The van der Waals surface area contributed by atoms with E-state index in [1.165, 1.54) is 5.56 Å². The fourth-order valence-corrected chi connectivity index (χ4v) is 3.54. The van der Waals surface area contributed by atoms with E-state index in [1.807, 2.05) is 0 Å². The average Bonchev–Trinajstić information content (AvgIpc) is 3.04. The number of hydrogen-bond acceptors (Lipinski definition) is 2. The number of hydrogen-bond donors (Lipinski definition) is 1. The van der Waals surface area contributed by atoms with E-state index in [4.69, 9.17) is 4.74 Å². The Morgan fingerprint density at radius 1 is 1.05 bits per heavy atom. The molecule has 3 nitrogen and oxygen atoms in total. The van der Waals surface area contributed by atoms with Crippen LogP contribution in [0.15, 0.2) is 48.8 Å². The second-order valence-electron chi connectivity index (χ2n) is 5.49. The molecule has 1 spiro atoms. The Bertz CT molecular complexity index is 570. The Kier molecular flexibility index (Phi) is 2.42. The summed E-state index contributed by atoms with van der Waals surface area (Å²) in [5, 5.41) is 3.44. The number of fused-ring (bicyclic) bond motifs is 1. The molecule has 3 heterocycles. The molecule has 0 unspecified atom stereocenters. The average molecular weight is 254 g/mol. The van der Waals surface area contributed by atoms with E-state index in [2.05, 4.69) is 58.7 Å². The van der Waals surface area contributed by atoms with E-state index in [-0.39, 0.29) is 5.60 Å². The van der Waals surface area contributed by atoms with Crippen LogP contribution in [-0.2, 0) is 0 Å². The van der Waals surface area contributed by atoms with Gasteiger partial charge in [0.25, 0.3) is 0 Å². The van der Waals surface area contributed by atoms with Gasteiger partial charge in [0.1, 0.15) is 17.4 Å². The van der Waals surface area contributed by atoms with Gasteiger partial charge in [-0.2, -0.15) is 0 Å². The molecule has 0 radical (unpaired) electrons. The summed E-state index contributed by atoms with van der Waals surface area (Å²) in [7, 11) is 0. The first kappa shape index (κ1) is 11.1. The molecule has 0 bridgehead atoms. The predicted molar refractivity (Wildman–Crippen MR) is 74.5 cm³/mol. The largest absolute Gasteiger partial charge is 0.484 e. The van der Waals surface area contributed by atoms with Gasteiger partial charge in [-0.1, -0.05) is 18.2 Å². The van der Waals surface area contributed by atoms with Gasteiger partial charge >= 0.3 is 0 Å². The van der Waals surface area contributed by atoms with Crippen molar-refractivity contribution in [3.8, 4) is 5.75 Å². The predicted octanol–water partition coefficient (Wildman–Crippen LogP) is 2.59. The molecular formula is C16H18N2O. The molecular weight excluding hydrogens is 236 g/mol. The van der Waals surface area contributed by atoms with Gasteiger partial charge in [0, 0.05) is 30.8 Å². The SMILES string of the molecule is c1ccc2c(c1)OC1(CCNCC1)[C@H]2n1cccc1. The van der Waals surface area contributed by atoms with E-state index >= 15 is 0 Å². The molecule has 1 atom stereocenters. The molecule has 19 heavy (non-hydrogen) atoms. The lowest BCUT2D eigenvalue weighted by atomic mass is 9.83. The third-order valence-corrected chi connectivity index (χ3v) is 4.40. The highest BCUT2D eigenvalue weighted by Crippen LogP contribution is 2.49. The van der Waals surface area contributed by atoms with Gasteiger partial charge in [0.05, 0.1) is 0 Å². The smallest absolute Gasteiger partial charge is 0.136 e. The maximum Gasteiger partial charge on any atom is 0.136 e. The zero-order valence-corrected chi connectivity index (χ0v) is 10.9. The van der Waals surface area contributed by atoms with Crippen LogP contribution in [0.1, 0.15) is 24.4 Å². The number of nitrogens with zero attached hydrogens (tertiary/aromatic N) is 1. The van der Waals surface area contributed by atoms with Crippen LogP contribution in [0.5, 0.6) is 5.75 Å². The van der Waals surface area contributed by atoms with E-state index < -0.39 is 0 Å². The number of rotatable bonds is 1. The van der Waals surface area contributed by atoms with Crippen LogP contribution < -0.4 is 10.1 Å². The highest BCUT2D eigenvalue weighted by molar-refractivity contribution is 5.43. The van der Waals surface area contributed by atoms with Gasteiger partial charge in [-0.25, -0.2) is 0 Å². The van der Waals surface area contributed by atoms with E-state index in [0.29, 0.717) is 6.04 Å². The molecule has 1 N–H and O–H groups in total. The Morgan fingerprint density at radius 2 is 1.79 bits per heavy atom. The summed E-state index contributed by atoms with van der Waals surface area (Å²) in [5.41, 5.74) is 1.24. The van der Waals surface area contributed by atoms with Crippen LogP contribution >= 0.6 is 0 Å². The second-order valence-corrected chi connectivity index (χ2v) is 5.49. The van der Waals surface area contributed by atoms with Crippen molar-refractivity contribution in [2.75, 3.05) is 13.1 Å². The van der Waals surface area contributed by atoms with Crippen molar-refractivity contribution in [1.29, 1.82) is 0 Å². The molecule has 0 saturated carbocycles. The first-order chi connectivity index (χ1) is 9.39. The van der Waals surface area contributed by atoms with Crippen molar-refractivity contribution in [3.63, 3.8) is 0 Å². The Labute approximate surface area is 113 Å². The van der Waals surface area contributed by atoms with Gasteiger partial charge in [-0.3, -0.25) is 0 Å². The van der Waals surface area contributed by atoms with Crippen LogP contribution in [0, 0.1) is 0 Å². The van der Waals surface area contributed by atoms with Gasteiger partial charge in [0.15, 0.2) is 0 Å². The summed E-state index contributed by atoms with van der Waals surface area (Å²) in [6, 6.07) is 13.0. The van der Waals surface area contributed by atoms with Crippen molar-refractivity contribution < 1.29 is 4.74 Å². The maximum absolute atomic E-state index is 6.41. The summed E-state index contributed by atoms with van der Waals surface area (Å²) in [4.78, 5) is 0. The molecule has 2 aromatic rings. The minimum Gasteiger partial charge on any atom is -0.484 e. The molecule has 1 aromatic carbocycles. The van der Waals surface area contributed by atoms with Gasteiger partial charge < -0.3 is 14.6 Å². The Balaban J connectivity index is 1.85. The number of benzene rings is 1. The summed E-state index contributed by atoms with van der Waals surface area (Å²) < 4.78 is 8.71. The Hall–Kier alpha value is -1.74. The van der Waals surface area contributed by atoms with Crippen molar-refractivity contribution >= 4 is 0 Å². The molecule has 1 aromatic heterocycles. The molecule has 1 saturated heterocycles. The van der Waals surface area contributed by atoms with Crippen molar-refractivity contribution in [2.45, 2.75) is 24.5 Å². The standard InChI is InChI=1S/C16H18N2O/c1-2-6-14-13(5-1)15(18-11-3-4-12-18)16(19-14)7-9-17-10-8-16/h1-6,11-12,15,17H,7-10H2/t15-/m0/s1. The summed E-state index contributed by atoms with van der Waals surface area (Å²) in [6.45, 7) is 2.07. The van der Waals surface area contributed by atoms with Crippen LogP contribution in [0.2, 0.25) is 0 Å². The van der Waals surface area contributed by atoms with Crippen molar-refractivity contribution in [1.82, 2.24) is 9.88 Å². The topological polar surface area (TPSA) is 26.2 Å². The van der Waals surface area contributed by atoms with Crippen molar-refractivity contribution in [2.24, 2.45) is 0 Å².